The second-order valence-corrected chi connectivity index (χ2v) is 4.06. The molecule has 3 N–H and O–H groups in total. The van der Waals surface area contributed by atoms with E-state index in [1.54, 1.807) is 0 Å². The van der Waals surface area contributed by atoms with Crippen LogP contribution < -0.4 is 11.1 Å². The molecule has 0 bridgehead atoms. The second-order valence-electron chi connectivity index (χ2n) is 4.06. The Hall–Kier alpha value is -0.730. The third-order valence-corrected chi connectivity index (χ3v) is 2.35. The van der Waals surface area contributed by atoms with Crippen molar-refractivity contribution in [3.8, 4) is 0 Å². The molecule has 0 aliphatic heterocycles. The van der Waals surface area contributed by atoms with Crippen LogP contribution >= 0.6 is 0 Å². The van der Waals surface area contributed by atoms with Gasteiger partial charge in [-0.3, -0.25) is 4.99 Å². The van der Waals surface area contributed by atoms with E-state index >= 15 is 0 Å². The number of hydrogen-bond acceptors (Lipinski definition) is 1. The van der Waals surface area contributed by atoms with Crippen molar-refractivity contribution in [2.75, 3.05) is 6.54 Å². The van der Waals surface area contributed by atoms with E-state index in [2.05, 4.69) is 38.0 Å². The van der Waals surface area contributed by atoms with Crippen LogP contribution in [-0.2, 0) is 0 Å². The lowest BCUT2D eigenvalue weighted by atomic mass is 10.0. The molecule has 2 unspecified atom stereocenters. The molecule has 0 heterocycles. The lowest BCUT2D eigenvalue weighted by Crippen LogP contribution is -2.39. The van der Waals surface area contributed by atoms with Crippen molar-refractivity contribution < 1.29 is 0 Å². The van der Waals surface area contributed by atoms with Crippen LogP contribution in [0.25, 0.3) is 0 Å². The van der Waals surface area contributed by atoms with Gasteiger partial charge in [0.2, 0.25) is 0 Å². The molecule has 0 spiro atoms. The van der Waals surface area contributed by atoms with Crippen LogP contribution in [0.2, 0.25) is 0 Å². The molecule has 0 aromatic carbocycles. The molecule has 0 aliphatic carbocycles. The molecule has 2 atom stereocenters. The standard InChI is InChI=1S/C11H25N3/c1-5-7-13-11(12)14-10(4)8-9(3)6-2/h9-10H,5-8H2,1-4H3,(H3,12,13,14). The van der Waals surface area contributed by atoms with Gasteiger partial charge in [0.25, 0.3) is 0 Å². The van der Waals surface area contributed by atoms with E-state index in [9.17, 15) is 0 Å². The zero-order valence-corrected chi connectivity index (χ0v) is 10.0. The van der Waals surface area contributed by atoms with Crippen molar-refractivity contribution in [2.24, 2.45) is 16.6 Å². The van der Waals surface area contributed by atoms with Crippen molar-refractivity contribution >= 4 is 5.96 Å². The van der Waals surface area contributed by atoms with Gasteiger partial charge in [-0.1, -0.05) is 27.2 Å². The average molecular weight is 199 g/mol. The summed E-state index contributed by atoms with van der Waals surface area (Å²) in [6.45, 7) is 9.54. The summed E-state index contributed by atoms with van der Waals surface area (Å²) < 4.78 is 0. The Morgan fingerprint density at radius 2 is 2.00 bits per heavy atom. The molecule has 0 fully saturated rings. The second kappa shape index (κ2) is 7.65. The Balaban J connectivity index is 3.75. The minimum atomic E-state index is 0.422. The van der Waals surface area contributed by atoms with Gasteiger partial charge in [-0.15, -0.1) is 0 Å². The monoisotopic (exact) mass is 199 g/mol. The normalized spacial score (nSPS) is 16.4. The molecule has 0 saturated carbocycles. The fourth-order valence-corrected chi connectivity index (χ4v) is 1.36. The van der Waals surface area contributed by atoms with Gasteiger partial charge in [0, 0.05) is 12.6 Å². The SMILES string of the molecule is CCCN=C(N)NC(C)CC(C)CC. The molecule has 0 aromatic rings. The zero-order valence-electron chi connectivity index (χ0n) is 10.0. The first-order valence-corrected chi connectivity index (χ1v) is 5.66. The summed E-state index contributed by atoms with van der Waals surface area (Å²) in [5, 5.41) is 3.21. The Morgan fingerprint density at radius 1 is 1.36 bits per heavy atom. The summed E-state index contributed by atoms with van der Waals surface area (Å²) >= 11 is 0. The summed E-state index contributed by atoms with van der Waals surface area (Å²) in [6.07, 6.45) is 3.42. The summed E-state index contributed by atoms with van der Waals surface area (Å²) in [5.41, 5.74) is 5.72. The third-order valence-electron chi connectivity index (χ3n) is 2.35. The highest BCUT2D eigenvalue weighted by atomic mass is 15.1. The molecule has 0 saturated heterocycles. The van der Waals surface area contributed by atoms with Gasteiger partial charge in [-0.05, 0) is 25.7 Å². The molecule has 0 radical (unpaired) electrons. The molecule has 3 heteroatoms. The summed E-state index contributed by atoms with van der Waals surface area (Å²) in [6, 6.07) is 0.422. The average Bonchev–Trinajstić information content (AvgIpc) is 2.14. The molecule has 0 amide bonds. The van der Waals surface area contributed by atoms with Crippen LogP contribution in [0.15, 0.2) is 4.99 Å². The molecule has 3 nitrogen and oxygen atoms in total. The minimum Gasteiger partial charge on any atom is -0.370 e. The fraction of sp³-hybridized carbons (Fsp3) is 0.909. The van der Waals surface area contributed by atoms with Crippen molar-refractivity contribution in [2.45, 2.75) is 53.0 Å². The summed E-state index contributed by atoms with van der Waals surface area (Å²) in [5.74, 6) is 1.33. The number of nitrogens with two attached hydrogens (primary N) is 1. The zero-order chi connectivity index (χ0) is 11.0. The minimum absolute atomic E-state index is 0.422. The van der Waals surface area contributed by atoms with E-state index in [0.717, 1.165) is 25.3 Å². The van der Waals surface area contributed by atoms with E-state index < -0.39 is 0 Å². The van der Waals surface area contributed by atoms with Crippen LogP contribution in [0.1, 0.15) is 47.0 Å². The molecule has 0 aliphatic rings. The summed E-state index contributed by atoms with van der Waals surface area (Å²) in [4.78, 5) is 4.20. The van der Waals surface area contributed by atoms with Crippen molar-refractivity contribution in [3.63, 3.8) is 0 Å². The lowest BCUT2D eigenvalue weighted by molar-refractivity contribution is 0.447. The largest absolute Gasteiger partial charge is 0.370 e. The topological polar surface area (TPSA) is 50.4 Å². The Kier molecular flexibility index (Phi) is 7.25. The highest BCUT2D eigenvalue weighted by molar-refractivity contribution is 5.78. The number of nitrogens with zero attached hydrogens (tertiary/aromatic N) is 1. The number of guanidine groups is 1. The predicted octanol–water partition coefficient (Wildman–Crippen LogP) is 2.13. The van der Waals surface area contributed by atoms with Gasteiger partial charge in [0.1, 0.15) is 0 Å². The highest BCUT2D eigenvalue weighted by Gasteiger charge is 2.06. The molecular formula is C11H25N3. The van der Waals surface area contributed by atoms with Crippen molar-refractivity contribution in [1.82, 2.24) is 5.32 Å². The summed E-state index contributed by atoms with van der Waals surface area (Å²) in [7, 11) is 0. The maximum absolute atomic E-state index is 5.72. The van der Waals surface area contributed by atoms with E-state index in [-0.39, 0.29) is 0 Å². The Morgan fingerprint density at radius 3 is 2.50 bits per heavy atom. The van der Waals surface area contributed by atoms with Crippen molar-refractivity contribution in [3.05, 3.63) is 0 Å². The smallest absolute Gasteiger partial charge is 0.188 e. The van der Waals surface area contributed by atoms with Crippen molar-refractivity contribution in [1.29, 1.82) is 0 Å². The molecule has 0 rings (SSSR count). The maximum Gasteiger partial charge on any atom is 0.188 e. The number of rotatable bonds is 6. The number of aliphatic imine (C=N–C) groups is 1. The van der Waals surface area contributed by atoms with E-state index in [0.29, 0.717) is 12.0 Å². The highest BCUT2D eigenvalue weighted by Crippen LogP contribution is 2.08. The fourth-order valence-electron chi connectivity index (χ4n) is 1.36. The predicted molar refractivity (Wildman–Crippen MR) is 63.5 cm³/mol. The van der Waals surface area contributed by atoms with E-state index in [1.807, 2.05) is 0 Å². The Labute approximate surface area is 88.2 Å². The molecule has 14 heavy (non-hydrogen) atoms. The van der Waals surface area contributed by atoms with Crippen LogP contribution in [0, 0.1) is 5.92 Å². The first-order chi connectivity index (χ1) is 6.60. The van der Waals surface area contributed by atoms with Gasteiger partial charge < -0.3 is 11.1 Å². The maximum atomic E-state index is 5.72. The van der Waals surface area contributed by atoms with Gasteiger partial charge in [0.15, 0.2) is 5.96 Å². The third kappa shape index (κ3) is 6.75. The molecule has 0 aromatic heterocycles. The van der Waals surface area contributed by atoms with Gasteiger partial charge in [-0.2, -0.15) is 0 Å². The number of nitrogens with one attached hydrogen (secondary N) is 1. The van der Waals surface area contributed by atoms with Gasteiger partial charge in [-0.25, -0.2) is 0 Å². The van der Waals surface area contributed by atoms with Gasteiger partial charge >= 0.3 is 0 Å². The van der Waals surface area contributed by atoms with E-state index in [4.69, 9.17) is 5.73 Å². The van der Waals surface area contributed by atoms with Crippen LogP contribution in [0.4, 0.5) is 0 Å². The van der Waals surface area contributed by atoms with Crippen LogP contribution in [-0.4, -0.2) is 18.5 Å². The molecule has 84 valence electrons. The first kappa shape index (κ1) is 13.3. The lowest BCUT2D eigenvalue weighted by Gasteiger charge is -2.17. The first-order valence-electron chi connectivity index (χ1n) is 5.66. The Bertz CT molecular complexity index is 166. The quantitative estimate of drug-likeness (QED) is 0.508. The van der Waals surface area contributed by atoms with Crippen LogP contribution in [0.3, 0.4) is 0 Å². The van der Waals surface area contributed by atoms with Gasteiger partial charge in [0.05, 0.1) is 0 Å². The number of hydrogen-bond donors (Lipinski definition) is 2. The van der Waals surface area contributed by atoms with Crippen LogP contribution in [0.5, 0.6) is 0 Å². The van der Waals surface area contributed by atoms with E-state index in [1.165, 1.54) is 6.42 Å². The molecular weight excluding hydrogens is 174 g/mol.